The third-order valence-electron chi connectivity index (χ3n) is 4.53. The van der Waals surface area contributed by atoms with Gasteiger partial charge in [-0.2, -0.15) is 0 Å². The summed E-state index contributed by atoms with van der Waals surface area (Å²) in [6.45, 7) is -0.0498. The normalized spacial score (nSPS) is 27.7. The zero-order valence-corrected chi connectivity index (χ0v) is 14.4. The lowest BCUT2D eigenvalue weighted by Crippen LogP contribution is -2.47. The second-order valence-corrected chi connectivity index (χ2v) is 7.32. The van der Waals surface area contributed by atoms with Crippen molar-refractivity contribution in [3.05, 3.63) is 35.6 Å². The fraction of sp³-hybridized carbons (Fsp3) is 0.500. The van der Waals surface area contributed by atoms with Crippen LogP contribution in [0.2, 0.25) is 0 Å². The van der Waals surface area contributed by atoms with E-state index in [2.05, 4.69) is 32.1 Å². The monoisotopic (exact) mass is 399 g/mol. The van der Waals surface area contributed by atoms with E-state index in [1.54, 1.807) is 0 Å². The molecule has 4 N–H and O–H groups in total. The van der Waals surface area contributed by atoms with Gasteiger partial charge in [0.2, 0.25) is 5.91 Å². The molecule has 1 saturated heterocycles. The molecule has 1 aromatic carbocycles. The Hall–Kier alpha value is -1.51. The molecule has 2 fully saturated rings. The molecule has 130 valence electrons. The first-order valence-corrected chi connectivity index (χ1v) is 8.80. The van der Waals surface area contributed by atoms with E-state index in [0.29, 0.717) is 11.5 Å². The van der Waals surface area contributed by atoms with Crippen molar-refractivity contribution in [2.75, 3.05) is 6.54 Å². The summed E-state index contributed by atoms with van der Waals surface area (Å²) in [4.78, 5) is 23.8. The fourth-order valence-corrected chi connectivity index (χ4v) is 3.89. The molecule has 6 nitrogen and oxygen atoms in total. The number of rotatable bonds is 6. The summed E-state index contributed by atoms with van der Waals surface area (Å²) in [5.74, 6) is -2.10. The Morgan fingerprint density at radius 3 is 2.54 bits per heavy atom. The average molecular weight is 400 g/mol. The first kappa shape index (κ1) is 17.3. The number of carbonyl (C=O) groups is 2. The third-order valence-corrected chi connectivity index (χ3v) is 5.63. The first-order chi connectivity index (χ1) is 11.5. The molecular weight excluding hydrogens is 381 g/mol. The maximum absolute atomic E-state index is 13.0. The largest absolute Gasteiger partial charge is 0.481 e. The number of nitrogens with one attached hydrogen (secondary N) is 3. The highest BCUT2D eigenvalue weighted by Crippen LogP contribution is 2.38. The van der Waals surface area contributed by atoms with Crippen LogP contribution in [0.5, 0.6) is 0 Å². The Labute approximate surface area is 147 Å². The molecule has 8 heteroatoms. The summed E-state index contributed by atoms with van der Waals surface area (Å²) in [6.07, 6.45) is 2.31. The molecule has 0 bridgehead atoms. The SMILES string of the molecule is O=C(O)C(CNC(=O)C1NNC(C2CC2)C1Br)c1ccc(F)cc1. The highest BCUT2D eigenvalue weighted by Gasteiger charge is 2.45. The van der Waals surface area contributed by atoms with E-state index < -0.39 is 23.7 Å². The Balaban J connectivity index is 1.59. The van der Waals surface area contributed by atoms with Crippen molar-refractivity contribution in [3.8, 4) is 0 Å². The van der Waals surface area contributed by atoms with Gasteiger partial charge in [-0.25, -0.2) is 9.82 Å². The molecule has 1 aliphatic heterocycles. The molecule has 1 saturated carbocycles. The summed E-state index contributed by atoms with van der Waals surface area (Å²) >= 11 is 3.56. The van der Waals surface area contributed by atoms with Gasteiger partial charge in [0.25, 0.3) is 0 Å². The van der Waals surface area contributed by atoms with Gasteiger partial charge in [0.15, 0.2) is 0 Å². The summed E-state index contributed by atoms with van der Waals surface area (Å²) in [6, 6.07) is 5.01. The van der Waals surface area contributed by atoms with Gasteiger partial charge in [0.05, 0.1) is 10.7 Å². The van der Waals surface area contributed by atoms with Gasteiger partial charge >= 0.3 is 5.97 Å². The second kappa shape index (κ2) is 7.16. The average Bonchev–Trinajstić information content (AvgIpc) is 3.31. The minimum Gasteiger partial charge on any atom is -0.481 e. The molecule has 0 radical (unpaired) electrons. The number of amides is 1. The molecule has 0 spiro atoms. The zero-order chi connectivity index (χ0) is 17.3. The molecule has 4 unspecified atom stereocenters. The Bertz CT molecular complexity index is 623. The highest BCUT2D eigenvalue weighted by atomic mass is 79.9. The third kappa shape index (κ3) is 3.76. The van der Waals surface area contributed by atoms with Crippen molar-refractivity contribution in [2.24, 2.45) is 5.92 Å². The molecule has 1 aromatic rings. The van der Waals surface area contributed by atoms with E-state index in [1.165, 1.54) is 24.3 Å². The standard InChI is InChI=1S/C16H19BrFN3O3/c17-12-13(9-1-2-9)20-21-14(12)15(22)19-7-11(16(23)24)8-3-5-10(18)6-4-8/h3-6,9,11-14,20-21H,1-2,7H2,(H,19,22)(H,23,24). The van der Waals surface area contributed by atoms with Crippen LogP contribution in [-0.4, -0.2) is 40.4 Å². The predicted molar refractivity (Wildman–Crippen MR) is 89.1 cm³/mol. The van der Waals surface area contributed by atoms with Crippen LogP contribution in [0.1, 0.15) is 24.3 Å². The summed E-state index contributed by atoms with van der Waals surface area (Å²) in [7, 11) is 0. The number of aliphatic carboxylic acids is 1. The second-order valence-electron chi connectivity index (χ2n) is 6.26. The molecule has 3 rings (SSSR count). The quantitative estimate of drug-likeness (QED) is 0.538. The number of alkyl halides is 1. The smallest absolute Gasteiger partial charge is 0.312 e. The van der Waals surface area contributed by atoms with Crippen LogP contribution in [0.15, 0.2) is 24.3 Å². The summed E-state index contributed by atoms with van der Waals surface area (Å²) < 4.78 is 13.0. The molecule has 4 atom stereocenters. The number of carboxylic acid groups (broad SMARTS) is 1. The number of halogens is 2. The number of carbonyl (C=O) groups excluding carboxylic acids is 1. The minimum absolute atomic E-state index is 0.0425. The van der Waals surface area contributed by atoms with E-state index in [9.17, 15) is 19.1 Å². The Kier molecular flexibility index (Phi) is 5.17. The van der Waals surface area contributed by atoms with Gasteiger partial charge in [0, 0.05) is 12.6 Å². The number of hydrogen-bond donors (Lipinski definition) is 4. The maximum atomic E-state index is 13.0. The van der Waals surface area contributed by atoms with E-state index >= 15 is 0 Å². The van der Waals surface area contributed by atoms with Crippen molar-refractivity contribution >= 4 is 27.8 Å². The molecule has 2 aliphatic rings. The highest BCUT2D eigenvalue weighted by molar-refractivity contribution is 9.09. The van der Waals surface area contributed by atoms with Crippen LogP contribution in [0.4, 0.5) is 4.39 Å². The number of carboxylic acids is 1. The van der Waals surface area contributed by atoms with Crippen molar-refractivity contribution in [2.45, 2.75) is 35.7 Å². The molecule has 1 heterocycles. The topological polar surface area (TPSA) is 90.5 Å². The summed E-state index contributed by atoms with van der Waals surface area (Å²) in [5, 5.41) is 12.1. The van der Waals surface area contributed by atoms with Gasteiger partial charge in [-0.15, -0.1) is 0 Å². The molecule has 1 amide bonds. The molecule has 1 aliphatic carbocycles. The first-order valence-electron chi connectivity index (χ1n) is 7.88. The number of hydrogen-bond acceptors (Lipinski definition) is 4. The minimum atomic E-state index is -1.06. The van der Waals surface area contributed by atoms with Gasteiger partial charge in [-0.1, -0.05) is 28.1 Å². The fourth-order valence-electron chi connectivity index (χ4n) is 2.95. The van der Waals surface area contributed by atoms with E-state index in [4.69, 9.17) is 0 Å². The van der Waals surface area contributed by atoms with E-state index in [-0.39, 0.29) is 23.3 Å². The molecule has 24 heavy (non-hydrogen) atoms. The van der Waals surface area contributed by atoms with Crippen LogP contribution >= 0.6 is 15.9 Å². The molecule has 0 aromatic heterocycles. The van der Waals surface area contributed by atoms with E-state index in [0.717, 1.165) is 12.8 Å². The van der Waals surface area contributed by atoms with E-state index in [1.807, 2.05) is 0 Å². The van der Waals surface area contributed by atoms with Crippen LogP contribution in [0.25, 0.3) is 0 Å². The predicted octanol–water partition coefficient (Wildman–Crippen LogP) is 1.13. The van der Waals surface area contributed by atoms with Gasteiger partial charge in [0.1, 0.15) is 11.9 Å². The number of hydrazine groups is 1. The lowest BCUT2D eigenvalue weighted by atomic mass is 9.99. The summed E-state index contributed by atoms with van der Waals surface area (Å²) in [5.41, 5.74) is 6.56. The van der Waals surface area contributed by atoms with Crippen LogP contribution in [-0.2, 0) is 9.59 Å². The van der Waals surface area contributed by atoms with Crippen LogP contribution in [0.3, 0.4) is 0 Å². The van der Waals surface area contributed by atoms with Crippen molar-refractivity contribution < 1.29 is 19.1 Å². The van der Waals surface area contributed by atoms with Crippen LogP contribution in [0, 0.1) is 11.7 Å². The van der Waals surface area contributed by atoms with Crippen molar-refractivity contribution in [1.82, 2.24) is 16.2 Å². The Morgan fingerprint density at radius 1 is 1.29 bits per heavy atom. The van der Waals surface area contributed by atoms with Gasteiger partial charge < -0.3 is 10.4 Å². The zero-order valence-electron chi connectivity index (χ0n) is 12.8. The lowest BCUT2D eigenvalue weighted by molar-refractivity contribution is -0.138. The van der Waals surface area contributed by atoms with Gasteiger partial charge in [-0.05, 0) is 36.5 Å². The van der Waals surface area contributed by atoms with Crippen LogP contribution < -0.4 is 16.2 Å². The lowest BCUT2D eigenvalue weighted by Gasteiger charge is -2.18. The maximum Gasteiger partial charge on any atom is 0.312 e. The Morgan fingerprint density at radius 2 is 1.96 bits per heavy atom. The van der Waals surface area contributed by atoms with Crippen molar-refractivity contribution in [3.63, 3.8) is 0 Å². The van der Waals surface area contributed by atoms with Gasteiger partial charge in [-0.3, -0.25) is 15.0 Å². The number of benzene rings is 1. The molecular formula is C16H19BrFN3O3. The van der Waals surface area contributed by atoms with Crippen molar-refractivity contribution in [1.29, 1.82) is 0 Å².